The Morgan fingerprint density at radius 2 is 1.49 bits per heavy atom. The molecule has 1 aliphatic rings. The SMILES string of the molecule is CCOC(=O)C1(c2ccc(-c3ccc(-c4onc(C)c4C(O)C(F)(F)CCc4ccc(C(F)(F)F)cc4)cc3)cc2)CC1. The van der Waals surface area contributed by atoms with Crippen molar-refractivity contribution in [3.05, 3.63) is 101 Å². The van der Waals surface area contributed by atoms with Crippen LogP contribution in [-0.4, -0.2) is 28.8 Å². The normalized spacial score (nSPS) is 15.3. The summed E-state index contributed by atoms with van der Waals surface area (Å²) in [6.45, 7) is 3.56. The van der Waals surface area contributed by atoms with Crippen LogP contribution < -0.4 is 0 Å². The minimum atomic E-state index is -4.52. The van der Waals surface area contributed by atoms with Gasteiger partial charge >= 0.3 is 12.1 Å². The van der Waals surface area contributed by atoms with Crippen molar-refractivity contribution in [2.75, 3.05) is 6.61 Å². The molecule has 5 nitrogen and oxygen atoms in total. The molecule has 1 aliphatic carbocycles. The number of rotatable bonds is 10. The van der Waals surface area contributed by atoms with Crippen LogP contribution in [0.3, 0.4) is 0 Å². The number of carbonyl (C=O) groups is 1. The van der Waals surface area contributed by atoms with Crippen molar-refractivity contribution < 1.29 is 41.1 Å². The number of aryl methyl sites for hydroxylation is 2. The molecule has 4 aromatic rings. The minimum absolute atomic E-state index is 0.00575. The summed E-state index contributed by atoms with van der Waals surface area (Å²) >= 11 is 0. The molecule has 226 valence electrons. The number of aliphatic hydroxyl groups is 1. The highest BCUT2D eigenvalue weighted by Crippen LogP contribution is 2.49. The van der Waals surface area contributed by atoms with Crippen molar-refractivity contribution in [3.8, 4) is 22.5 Å². The van der Waals surface area contributed by atoms with Gasteiger partial charge in [0, 0.05) is 12.0 Å². The van der Waals surface area contributed by atoms with E-state index in [9.17, 15) is 23.1 Å². The third-order valence-electron chi connectivity index (χ3n) is 7.94. The Labute approximate surface area is 245 Å². The molecular formula is C33H30F5NO4. The highest BCUT2D eigenvalue weighted by atomic mass is 19.4. The van der Waals surface area contributed by atoms with E-state index in [-0.39, 0.29) is 29.4 Å². The van der Waals surface area contributed by atoms with Crippen LogP contribution in [0, 0.1) is 6.92 Å². The molecule has 0 spiro atoms. The van der Waals surface area contributed by atoms with E-state index in [1.807, 2.05) is 24.3 Å². The number of esters is 1. The molecule has 0 aliphatic heterocycles. The first-order valence-corrected chi connectivity index (χ1v) is 13.9. The van der Waals surface area contributed by atoms with Crippen molar-refractivity contribution in [1.82, 2.24) is 5.16 Å². The Balaban J connectivity index is 1.30. The molecule has 1 atom stereocenters. The van der Waals surface area contributed by atoms with E-state index in [0.717, 1.165) is 53.8 Å². The lowest BCUT2D eigenvalue weighted by Gasteiger charge is -2.23. The quantitative estimate of drug-likeness (QED) is 0.147. The maximum Gasteiger partial charge on any atom is 0.416 e. The second kappa shape index (κ2) is 11.6. The number of carbonyl (C=O) groups excluding carboxylic acids is 1. The summed E-state index contributed by atoms with van der Waals surface area (Å²) in [5, 5.41) is 14.6. The van der Waals surface area contributed by atoms with Crippen LogP contribution in [0.2, 0.25) is 0 Å². The average Bonchev–Trinajstić information content (AvgIpc) is 3.72. The lowest BCUT2D eigenvalue weighted by Crippen LogP contribution is -2.27. The molecule has 10 heteroatoms. The molecule has 1 heterocycles. The molecule has 1 fully saturated rings. The minimum Gasteiger partial charge on any atom is -0.465 e. The van der Waals surface area contributed by atoms with E-state index in [1.54, 1.807) is 31.2 Å². The van der Waals surface area contributed by atoms with E-state index >= 15 is 8.78 Å². The number of aliphatic hydroxyl groups excluding tert-OH is 1. The molecule has 5 rings (SSSR count). The Kier molecular flexibility index (Phi) is 8.17. The average molecular weight is 600 g/mol. The van der Waals surface area contributed by atoms with Gasteiger partial charge in [0.1, 0.15) is 6.10 Å². The smallest absolute Gasteiger partial charge is 0.416 e. The summed E-state index contributed by atoms with van der Waals surface area (Å²) in [5.74, 6) is -3.82. The molecule has 1 unspecified atom stereocenters. The van der Waals surface area contributed by atoms with Crippen LogP contribution in [0.15, 0.2) is 77.3 Å². The summed E-state index contributed by atoms with van der Waals surface area (Å²) in [6, 6.07) is 18.6. The summed E-state index contributed by atoms with van der Waals surface area (Å²) in [6.07, 6.45) is -6.30. The Hall–Kier alpha value is -4.05. The number of nitrogens with zero attached hydrogens (tertiary/aromatic N) is 1. The zero-order valence-corrected chi connectivity index (χ0v) is 23.6. The van der Waals surface area contributed by atoms with Crippen LogP contribution in [0.4, 0.5) is 22.0 Å². The summed E-state index contributed by atoms with van der Waals surface area (Å²) < 4.78 is 79.4. The van der Waals surface area contributed by atoms with E-state index in [1.165, 1.54) is 6.92 Å². The van der Waals surface area contributed by atoms with Crippen LogP contribution in [0.5, 0.6) is 0 Å². The van der Waals surface area contributed by atoms with Gasteiger partial charge in [-0.15, -0.1) is 0 Å². The predicted octanol–water partition coefficient (Wildman–Crippen LogP) is 8.23. The molecule has 1 aromatic heterocycles. The highest BCUT2D eigenvalue weighted by Gasteiger charge is 2.52. The van der Waals surface area contributed by atoms with Crippen molar-refractivity contribution in [2.24, 2.45) is 0 Å². The summed E-state index contributed by atoms with van der Waals surface area (Å²) in [7, 11) is 0. The predicted molar refractivity (Wildman–Crippen MR) is 149 cm³/mol. The largest absolute Gasteiger partial charge is 0.465 e. The summed E-state index contributed by atoms with van der Waals surface area (Å²) in [4.78, 5) is 12.4. The fourth-order valence-electron chi connectivity index (χ4n) is 5.23. The lowest BCUT2D eigenvalue weighted by atomic mass is 9.92. The molecule has 3 aromatic carbocycles. The molecule has 0 amide bonds. The first kappa shape index (κ1) is 30.4. The van der Waals surface area contributed by atoms with Gasteiger partial charge in [-0.1, -0.05) is 65.8 Å². The third kappa shape index (κ3) is 6.20. The van der Waals surface area contributed by atoms with Crippen LogP contribution in [-0.2, 0) is 27.5 Å². The highest BCUT2D eigenvalue weighted by molar-refractivity contribution is 5.87. The van der Waals surface area contributed by atoms with Gasteiger partial charge in [-0.3, -0.25) is 4.79 Å². The zero-order chi connectivity index (χ0) is 31.0. The van der Waals surface area contributed by atoms with Gasteiger partial charge in [0.15, 0.2) is 5.76 Å². The number of hydrogen-bond acceptors (Lipinski definition) is 5. The molecule has 0 bridgehead atoms. The van der Waals surface area contributed by atoms with Crippen molar-refractivity contribution in [1.29, 1.82) is 0 Å². The fourth-order valence-corrected chi connectivity index (χ4v) is 5.23. The molecule has 0 radical (unpaired) electrons. The van der Waals surface area contributed by atoms with Crippen LogP contribution in [0.1, 0.15) is 60.2 Å². The molecule has 43 heavy (non-hydrogen) atoms. The molecular weight excluding hydrogens is 569 g/mol. The number of alkyl halides is 5. The van der Waals surface area contributed by atoms with Gasteiger partial charge in [-0.25, -0.2) is 8.78 Å². The van der Waals surface area contributed by atoms with E-state index in [0.29, 0.717) is 17.7 Å². The van der Waals surface area contributed by atoms with Gasteiger partial charge in [0.05, 0.1) is 28.8 Å². The van der Waals surface area contributed by atoms with E-state index < -0.39 is 35.6 Å². The first-order chi connectivity index (χ1) is 20.4. The Morgan fingerprint density at radius 1 is 0.930 bits per heavy atom. The summed E-state index contributed by atoms with van der Waals surface area (Å²) in [5.41, 5.74) is 1.88. The van der Waals surface area contributed by atoms with Gasteiger partial charge in [0.25, 0.3) is 5.92 Å². The maximum atomic E-state index is 15.2. The zero-order valence-electron chi connectivity index (χ0n) is 23.6. The first-order valence-electron chi connectivity index (χ1n) is 13.9. The van der Waals surface area contributed by atoms with Crippen LogP contribution in [0.25, 0.3) is 22.5 Å². The van der Waals surface area contributed by atoms with Gasteiger partial charge < -0.3 is 14.4 Å². The number of aromatic nitrogens is 1. The van der Waals surface area contributed by atoms with Gasteiger partial charge in [0.2, 0.25) is 0 Å². The number of hydrogen-bond donors (Lipinski definition) is 1. The van der Waals surface area contributed by atoms with Crippen molar-refractivity contribution in [3.63, 3.8) is 0 Å². The lowest BCUT2D eigenvalue weighted by molar-refractivity contribution is -0.146. The molecule has 0 saturated heterocycles. The van der Waals surface area contributed by atoms with E-state index in [2.05, 4.69) is 5.16 Å². The topological polar surface area (TPSA) is 72.6 Å². The Morgan fingerprint density at radius 3 is 2.02 bits per heavy atom. The van der Waals surface area contributed by atoms with Gasteiger partial charge in [-0.2, -0.15) is 13.2 Å². The van der Waals surface area contributed by atoms with Gasteiger partial charge in [-0.05, 0) is 67.5 Å². The number of ether oxygens (including phenoxy) is 1. The Bertz CT molecular complexity index is 1570. The molecule has 1 saturated carbocycles. The second-order valence-electron chi connectivity index (χ2n) is 10.8. The van der Waals surface area contributed by atoms with Crippen molar-refractivity contribution >= 4 is 5.97 Å². The maximum absolute atomic E-state index is 15.2. The monoisotopic (exact) mass is 599 g/mol. The third-order valence-corrected chi connectivity index (χ3v) is 7.94. The second-order valence-corrected chi connectivity index (χ2v) is 10.8. The molecule has 1 N–H and O–H groups in total. The fraction of sp³-hybridized carbons (Fsp3) is 0.333. The van der Waals surface area contributed by atoms with E-state index in [4.69, 9.17) is 9.26 Å². The van der Waals surface area contributed by atoms with Crippen LogP contribution >= 0.6 is 0 Å². The number of halogens is 5. The standard InChI is InChI=1S/C33H30F5NO4/c1-3-42-30(41)31(18-19-31)25-14-10-23(11-15-25)22-6-8-24(9-7-22)28-27(20(2)39-43-28)29(40)32(34,35)17-16-21-4-12-26(13-5-21)33(36,37)38/h4-15,29,40H,3,16-19H2,1-2H3. The van der Waals surface area contributed by atoms with Crippen molar-refractivity contribution in [2.45, 2.75) is 63.1 Å². The number of benzene rings is 3.